The Kier molecular flexibility index (Phi) is 6.68. The second-order valence-corrected chi connectivity index (χ2v) is 7.94. The summed E-state index contributed by atoms with van der Waals surface area (Å²) in [5, 5.41) is 13.4. The van der Waals surface area contributed by atoms with Crippen molar-refractivity contribution in [3.63, 3.8) is 0 Å². The summed E-state index contributed by atoms with van der Waals surface area (Å²) < 4.78 is 76.5. The Morgan fingerprint density at radius 1 is 1.10 bits per heavy atom. The molecular formula is C16H12Cl2F6N2O2S. The monoisotopic (exact) mass is 480 g/mol. The highest BCUT2D eigenvalue weighted by atomic mass is 35.5. The molecule has 2 rings (SSSR count). The van der Waals surface area contributed by atoms with E-state index < -0.39 is 34.4 Å². The van der Waals surface area contributed by atoms with Gasteiger partial charge in [0.05, 0.1) is 22.3 Å². The standard InChI is InChI=1S/C16H12Cl2F6N2O2S/c1-14(28,16(22,23)24)7-4-9(17)12(10(18)5-7)26-13(27)25-6-8-2-3-11(29-8)15(19,20)21/h2-5,28H,6H2,1H3,(H2,25,26,27). The van der Waals surface area contributed by atoms with Gasteiger partial charge in [-0.05, 0) is 36.8 Å². The lowest BCUT2D eigenvalue weighted by Crippen LogP contribution is -2.39. The predicted octanol–water partition coefficient (Wildman–Crippen LogP) is 6.17. The maximum Gasteiger partial charge on any atom is 0.425 e. The predicted molar refractivity (Wildman–Crippen MR) is 97.3 cm³/mol. The van der Waals surface area contributed by atoms with Crippen LogP contribution in [0.3, 0.4) is 0 Å². The third-order valence-electron chi connectivity index (χ3n) is 3.76. The van der Waals surface area contributed by atoms with E-state index in [2.05, 4.69) is 10.6 Å². The van der Waals surface area contributed by atoms with Crippen LogP contribution in [0.5, 0.6) is 0 Å². The van der Waals surface area contributed by atoms with Crippen LogP contribution in [0.25, 0.3) is 0 Å². The molecule has 0 fully saturated rings. The van der Waals surface area contributed by atoms with E-state index in [9.17, 15) is 36.2 Å². The fraction of sp³-hybridized carbons (Fsp3) is 0.312. The molecule has 1 atom stereocenters. The first-order valence-electron chi connectivity index (χ1n) is 7.62. The number of carbonyl (C=O) groups excluding carboxylic acids is 1. The summed E-state index contributed by atoms with van der Waals surface area (Å²) >= 11 is 12.2. The number of hydrogen-bond donors (Lipinski definition) is 3. The molecule has 13 heteroatoms. The Morgan fingerprint density at radius 3 is 2.10 bits per heavy atom. The van der Waals surface area contributed by atoms with Crippen molar-refractivity contribution in [3.05, 3.63) is 49.6 Å². The first-order valence-corrected chi connectivity index (χ1v) is 9.19. The molecule has 4 nitrogen and oxygen atoms in total. The van der Waals surface area contributed by atoms with Gasteiger partial charge in [-0.1, -0.05) is 23.2 Å². The summed E-state index contributed by atoms with van der Waals surface area (Å²) in [5.41, 5.74) is -4.09. The van der Waals surface area contributed by atoms with Gasteiger partial charge in [0.2, 0.25) is 0 Å². The largest absolute Gasteiger partial charge is 0.425 e. The number of anilines is 1. The molecule has 1 aromatic carbocycles. The quantitative estimate of drug-likeness (QED) is 0.458. The third kappa shape index (κ3) is 5.47. The molecule has 2 amide bonds. The molecule has 160 valence electrons. The average molecular weight is 481 g/mol. The molecule has 0 aliphatic rings. The lowest BCUT2D eigenvalue weighted by molar-refractivity contribution is -0.258. The number of benzene rings is 1. The maximum atomic E-state index is 12.9. The molecule has 0 spiro atoms. The maximum absolute atomic E-state index is 12.9. The number of halogens is 8. The second kappa shape index (κ2) is 8.21. The van der Waals surface area contributed by atoms with Crippen LogP contribution in [0.15, 0.2) is 24.3 Å². The van der Waals surface area contributed by atoms with Gasteiger partial charge in [0.25, 0.3) is 0 Å². The van der Waals surface area contributed by atoms with E-state index in [4.69, 9.17) is 23.2 Å². The summed E-state index contributed by atoms with van der Waals surface area (Å²) in [7, 11) is 0. The van der Waals surface area contributed by atoms with E-state index in [1.54, 1.807) is 0 Å². The van der Waals surface area contributed by atoms with E-state index >= 15 is 0 Å². The molecule has 1 unspecified atom stereocenters. The van der Waals surface area contributed by atoms with Crippen molar-refractivity contribution < 1.29 is 36.2 Å². The lowest BCUT2D eigenvalue weighted by atomic mass is 9.95. The Bertz CT molecular complexity index is 889. The van der Waals surface area contributed by atoms with Crippen LogP contribution >= 0.6 is 34.5 Å². The van der Waals surface area contributed by atoms with Crippen LogP contribution < -0.4 is 10.6 Å². The fourth-order valence-electron chi connectivity index (χ4n) is 2.09. The summed E-state index contributed by atoms with van der Waals surface area (Å²) in [6, 6.07) is 2.77. The van der Waals surface area contributed by atoms with Gasteiger partial charge in [0, 0.05) is 4.88 Å². The first kappa shape index (κ1) is 23.6. The van der Waals surface area contributed by atoms with Gasteiger partial charge in [0.15, 0.2) is 5.60 Å². The van der Waals surface area contributed by atoms with Gasteiger partial charge in [0.1, 0.15) is 4.88 Å². The SMILES string of the molecule is CC(O)(c1cc(Cl)c(NC(=O)NCc2ccc(C(F)(F)F)s2)c(Cl)c1)C(F)(F)F. The number of aliphatic hydroxyl groups is 1. The number of rotatable bonds is 4. The molecule has 0 saturated carbocycles. The number of nitrogens with one attached hydrogen (secondary N) is 2. The molecule has 1 aromatic heterocycles. The van der Waals surface area contributed by atoms with Gasteiger partial charge in [-0.3, -0.25) is 0 Å². The normalized spacial score (nSPS) is 14.4. The molecular weight excluding hydrogens is 469 g/mol. The zero-order chi connectivity index (χ0) is 22.2. The zero-order valence-electron chi connectivity index (χ0n) is 14.3. The number of thiophene rings is 1. The highest BCUT2D eigenvalue weighted by molar-refractivity contribution is 7.12. The van der Waals surface area contributed by atoms with Crippen LogP contribution in [-0.4, -0.2) is 17.3 Å². The van der Waals surface area contributed by atoms with Crippen molar-refractivity contribution in [3.8, 4) is 0 Å². The summed E-state index contributed by atoms with van der Waals surface area (Å²) in [6.07, 6.45) is -9.49. The van der Waals surface area contributed by atoms with Crippen LogP contribution in [0.2, 0.25) is 10.0 Å². The lowest BCUT2D eigenvalue weighted by Gasteiger charge is -2.27. The topological polar surface area (TPSA) is 61.4 Å². The number of urea groups is 1. The van der Waals surface area contributed by atoms with Gasteiger partial charge in [-0.25, -0.2) is 4.79 Å². The number of carbonyl (C=O) groups is 1. The molecule has 0 aliphatic carbocycles. The molecule has 0 saturated heterocycles. The average Bonchev–Trinajstić information content (AvgIpc) is 3.04. The molecule has 29 heavy (non-hydrogen) atoms. The van der Waals surface area contributed by atoms with Crippen LogP contribution in [0, 0.1) is 0 Å². The van der Waals surface area contributed by atoms with Gasteiger partial charge < -0.3 is 15.7 Å². The van der Waals surface area contributed by atoms with Crippen molar-refractivity contribution in [1.29, 1.82) is 0 Å². The highest BCUT2D eigenvalue weighted by Crippen LogP contribution is 2.42. The third-order valence-corrected chi connectivity index (χ3v) is 5.49. The highest BCUT2D eigenvalue weighted by Gasteiger charge is 2.51. The summed E-state index contributed by atoms with van der Waals surface area (Å²) in [6.45, 7) is 0.285. The molecule has 2 aromatic rings. The molecule has 0 aliphatic heterocycles. The van der Waals surface area contributed by atoms with Gasteiger partial charge >= 0.3 is 18.4 Å². The van der Waals surface area contributed by atoms with Crippen molar-refractivity contribution in [1.82, 2.24) is 5.32 Å². The summed E-state index contributed by atoms with van der Waals surface area (Å²) in [4.78, 5) is 11.3. The Hall–Kier alpha value is -1.69. The zero-order valence-corrected chi connectivity index (χ0v) is 16.6. The van der Waals surface area contributed by atoms with Crippen LogP contribution in [0.1, 0.15) is 22.2 Å². The Balaban J connectivity index is 2.10. The molecule has 0 radical (unpaired) electrons. The molecule has 3 N–H and O–H groups in total. The number of hydrogen-bond acceptors (Lipinski definition) is 3. The second-order valence-electron chi connectivity index (χ2n) is 5.96. The number of amides is 2. The van der Waals surface area contributed by atoms with Crippen molar-refractivity contribution >= 4 is 46.3 Å². The van der Waals surface area contributed by atoms with E-state index in [1.165, 1.54) is 6.07 Å². The smallest absolute Gasteiger partial charge is 0.376 e. The summed E-state index contributed by atoms with van der Waals surface area (Å²) in [5.74, 6) is 0. The molecule has 0 bridgehead atoms. The Morgan fingerprint density at radius 2 is 1.66 bits per heavy atom. The van der Waals surface area contributed by atoms with E-state index in [1.807, 2.05) is 0 Å². The van der Waals surface area contributed by atoms with Crippen molar-refractivity contribution in [2.24, 2.45) is 0 Å². The van der Waals surface area contributed by atoms with E-state index in [0.29, 0.717) is 18.3 Å². The van der Waals surface area contributed by atoms with Gasteiger partial charge in [-0.15, -0.1) is 11.3 Å². The van der Waals surface area contributed by atoms with E-state index in [-0.39, 0.29) is 27.2 Å². The molecule has 1 heterocycles. The van der Waals surface area contributed by atoms with Crippen LogP contribution in [0.4, 0.5) is 36.8 Å². The van der Waals surface area contributed by atoms with Crippen molar-refractivity contribution in [2.75, 3.05) is 5.32 Å². The minimum Gasteiger partial charge on any atom is -0.376 e. The van der Waals surface area contributed by atoms with Crippen molar-refractivity contribution in [2.45, 2.75) is 31.4 Å². The van der Waals surface area contributed by atoms with Gasteiger partial charge in [-0.2, -0.15) is 26.3 Å². The fourth-order valence-corrected chi connectivity index (χ4v) is 3.48. The van der Waals surface area contributed by atoms with E-state index in [0.717, 1.165) is 18.2 Å². The van der Waals surface area contributed by atoms with Crippen LogP contribution in [-0.2, 0) is 18.3 Å². The Labute approximate surface area is 174 Å². The number of alkyl halides is 6. The first-order chi connectivity index (χ1) is 13.1. The minimum absolute atomic E-state index is 0.223. The minimum atomic E-state index is -5.00.